The molecule has 5 heteroatoms. The van der Waals surface area contributed by atoms with Crippen molar-refractivity contribution in [2.24, 2.45) is 0 Å². The Morgan fingerprint density at radius 3 is 2.80 bits per heavy atom. The molecule has 0 fully saturated rings. The standard InChI is InChI=1S/C15H10ClN3S/c1-9-3-2-4-11(16)14(9)19-13-7-10(8-17)5-6-12(13)18-15(19)20/h2-7H,1H3,(H,18,20). The number of nitriles is 1. The second kappa shape index (κ2) is 4.78. The molecule has 3 nitrogen and oxygen atoms in total. The van der Waals surface area contributed by atoms with Crippen LogP contribution < -0.4 is 0 Å². The van der Waals surface area contributed by atoms with E-state index in [4.69, 9.17) is 29.1 Å². The van der Waals surface area contributed by atoms with Crippen LogP contribution in [0.2, 0.25) is 5.02 Å². The summed E-state index contributed by atoms with van der Waals surface area (Å²) in [5.74, 6) is 0. The number of aryl methyl sites for hydroxylation is 1. The summed E-state index contributed by atoms with van der Waals surface area (Å²) in [6.45, 7) is 1.98. The van der Waals surface area contributed by atoms with Gasteiger partial charge in [0.2, 0.25) is 0 Å². The normalized spacial score (nSPS) is 10.7. The lowest BCUT2D eigenvalue weighted by Gasteiger charge is -2.10. The van der Waals surface area contributed by atoms with Crippen molar-refractivity contribution in [3.05, 3.63) is 57.3 Å². The molecule has 1 aromatic heterocycles. The Kier molecular flexibility index (Phi) is 3.09. The van der Waals surface area contributed by atoms with Crippen LogP contribution in [0.5, 0.6) is 0 Å². The molecular weight excluding hydrogens is 290 g/mol. The highest BCUT2D eigenvalue weighted by molar-refractivity contribution is 7.71. The lowest BCUT2D eigenvalue weighted by molar-refractivity contribution is 1.05. The number of para-hydroxylation sites is 1. The second-order valence-electron chi connectivity index (χ2n) is 4.51. The van der Waals surface area contributed by atoms with Crippen LogP contribution >= 0.6 is 23.8 Å². The maximum absolute atomic E-state index is 9.05. The third-order valence-electron chi connectivity index (χ3n) is 3.22. The summed E-state index contributed by atoms with van der Waals surface area (Å²) in [7, 11) is 0. The third-order valence-corrected chi connectivity index (χ3v) is 3.81. The van der Waals surface area contributed by atoms with Crippen LogP contribution in [0.25, 0.3) is 16.7 Å². The van der Waals surface area contributed by atoms with E-state index >= 15 is 0 Å². The summed E-state index contributed by atoms with van der Waals surface area (Å²) in [6.07, 6.45) is 0. The fourth-order valence-corrected chi connectivity index (χ4v) is 2.91. The number of aromatic nitrogens is 2. The number of H-pyrrole nitrogens is 1. The fraction of sp³-hybridized carbons (Fsp3) is 0.0667. The molecule has 1 N–H and O–H groups in total. The van der Waals surface area contributed by atoms with E-state index in [-0.39, 0.29) is 0 Å². The minimum absolute atomic E-state index is 0.561. The van der Waals surface area contributed by atoms with E-state index in [9.17, 15) is 0 Å². The summed E-state index contributed by atoms with van der Waals surface area (Å²) >= 11 is 11.7. The molecule has 0 bridgehead atoms. The topological polar surface area (TPSA) is 44.5 Å². The molecule has 3 aromatic rings. The van der Waals surface area contributed by atoms with Crippen LogP contribution in [0.4, 0.5) is 0 Å². The predicted octanol–water partition coefficient (Wildman–Crippen LogP) is 4.52. The summed E-state index contributed by atoms with van der Waals surface area (Å²) in [4.78, 5) is 3.14. The molecule has 2 aromatic carbocycles. The number of nitrogens with zero attached hydrogens (tertiary/aromatic N) is 2. The van der Waals surface area contributed by atoms with Crippen LogP contribution in [-0.2, 0) is 0 Å². The molecule has 0 unspecified atom stereocenters. The first-order valence-corrected chi connectivity index (χ1v) is 6.81. The van der Waals surface area contributed by atoms with E-state index in [1.54, 1.807) is 6.07 Å². The Morgan fingerprint density at radius 1 is 1.30 bits per heavy atom. The molecule has 1 heterocycles. The van der Waals surface area contributed by atoms with Gasteiger partial charge < -0.3 is 4.98 Å². The Hall–Kier alpha value is -2.09. The quantitative estimate of drug-likeness (QED) is 0.671. The molecule has 0 aliphatic carbocycles. The van der Waals surface area contributed by atoms with Gasteiger partial charge in [-0.3, -0.25) is 4.57 Å². The summed E-state index contributed by atoms with van der Waals surface area (Å²) in [5.41, 5.74) is 4.20. The maximum atomic E-state index is 9.05. The minimum Gasteiger partial charge on any atom is -0.330 e. The Labute approximate surface area is 126 Å². The number of halogens is 1. The lowest BCUT2D eigenvalue weighted by atomic mass is 10.1. The zero-order chi connectivity index (χ0) is 14.3. The summed E-state index contributed by atoms with van der Waals surface area (Å²) in [6, 6.07) is 13.3. The van der Waals surface area contributed by atoms with E-state index in [1.165, 1.54) is 0 Å². The van der Waals surface area contributed by atoms with Gasteiger partial charge in [-0.2, -0.15) is 5.26 Å². The molecule has 98 valence electrons. The summed E-state index contributed by atoms with van der Waals surface area (Å²) in [5, 5.41) is 9.68. The minimum atomic E-state index is 0.561. The van der Waals surface area contributed by atoms with Gasteiger partial charge in [0, 0.05) is 0 Å². The molecule has 0 spiro atoms. The SMILES string of the molecule is Cc1cccc(Cl)c1-n1c(=S)[nH]c2ccc(C#N)cc21. The average Bonchev–Trinajstić information content (AvgIpc) is 2.74. The number of benzene rings is 2. The van der Waals surface area contributed by atoms with Crippen LogP contribution in [0.3, 0.4) is 0 Å². The zero-order valence-electron chi connectivity index (χ0n) is 10.6. The number of hydrogen-bond acceptors (Lipinski definition) is 2. The van der Waals surface area contributed by atoms with Gasteiger partial charge in [-0.15, -0.1) is 0 Å². The van der Waals surface area contributed by atoms with Gasteiger partial charge in [-0.05, 0) is 49.0 Å². The number of nitrogens with one attached hydrogen (secondary N) is 1. The Bertz CT molecular complexity index is 895. The van der Waals surface area contributed by atoms with Gasteiger partial charge in [0.1, 0.15) is 0 Å². The Balaban J connectivity index is 2.45. The van der Waals surface area contributed by atoms with Crippen molar-refractivity contribution in [2.45, 2.75) is 6.92 Å². The van der Waals surface area contributed by atoms with Gasteiger partial charge in [-0.1, -0.05) is 23.7 Å². The van der Waals surface area contributed by atoms with Crippen molar-refractivity contribution >= 4 is 34.9 Å². The molecule has 0 saturated carbocycles. The first-order valence-electron chi connectivity index (χ1n) is 6.02. The van der Waals surface area contributed by atoms with E-state index < -0.39 is 0 Å². The van der Waals surface area contributed by atoms with E-state index in [0.29, 0.717) is 15.4 Å². The second-order valence-corrected chi connectivity index (χ2v) is 5.31. The van der Waals surface area contributed by atoms with Crippen molar-refractivity contribution in [1.29, 1.82) is 5.26 Å². The van der Waals surface area contributed by atoms with Gasteiger partial charge in [-0.25, -0.2) is 0 Å². The molecule has 0 aliphatic rings. The van der Waals surface area contributed by atoms with Crippen LogP contribution in [0.1, 0.15) is 11.1 Å². The molecule has 0 amide bonds. The largest absolute Gasteiger partial charge is 0.330 e. The molecule has 0 saturated heterocycles. The van der Waals surface area contributed by atoms with Crippen LogP contribution in [0, 0.1) is 23.0 Å². The number of fused-ring (bicyclic) bond motifs is 1. The van der Waals surface area contributed by atoms with Crippen molar-refractivity contribution in [3.63, 3.8) is 0 Å². The first-order chi connectivity index (χ1) is 9.61. The Morgan fingerprint density at radius 2 is 2.10 bits per heavy atom. The smallest absolute Gasteiger partial charge is 0.182 e. The average molecular weight is 300 g/mol. The highest BCUT2D eigenvalue weighted by Gasteiger charge is 2.12. The predicted molar refractivity (Wildman–Crippen MR) is 82.9 cm³/mol. The fourth-order valence-electron chi connectivity index (χ4n) is 2.30. The number of rotatable bonds is 1. The van der Waals surface area contributed by atoms with Crippen molar-refractivity contribution < 1.29 is 0 Å². The molecular formula is C15H10ClN3S. The van der Waals surface area contributed by atoms with Gasteiger partial charge in [0.25, 0.3) is 0 Å². The van der Waals surface area contributed by atoms with Crippen LogP contribution in [-0.4, -0.2) is 9.55 Å². The number of aromatic amines is 1. The molecule has 3 rings (SSSR count). The number of imidazole rings is 1. The molecule has 20 heavy (non-hydrogen) atoms. The van der Waals surface area contributed by atoms with E-state index in [0.717, 1.165) is 22.3 Å². The van der Waals surface area contributed by atoms with Crippen molar-refractivity contribution in [1.82, 2.24) is 9.55 Å². The zero-order valence-corrected chi connectivity index (χ0v) is 12.2. The van der Waals surface area contributed by atoms with Crippen LogP contribution in [0.15, 0.2) is 36.4 Å². The van der Waals surface area contributed by atoms with E-state index in [1.807, 2.05) is 41.8 Å². The molecule has 0 atom stereocenters. The van der Waals surface area contributed by atoms with Crippen molar-refractivity contribution in [2.75, 3.05) is 0 Å². The first kappa shape index (κ1) is 12.9. The molecule has 0 aliphatic heterocycles. The highest BCUT2D eigenvalue weighted by Crippen LogP contribution is 2.28. The van der Waals surface area contributed by atoms with Gasteiger partial charge >= 0.3 is 0 Å². The number of hydrogen-bond donors (Lipinski definition) is 1. The van der Waals surface area contributed by atoms with Crippen molar-refractivity contribution in [3.8, 4) is 11.8 Å². The monoisotopic (exact) mass is 299 g/mol. The molecule has 0 radical (unpaired) electrons. The van der Waals surface area contributed by atoms with E-state index in [2.05, 4.69) is 11.1 Å². The third kappa shape index (κ3) is 1.92. The summed E-state index contributed by atoms with van der Waals surface area (Å²) < 4.78 is 2.44. The highest BCUT2D eigenvalue weighted by atomic mass is 35.5. The van der Waals surface area contributed by atoms with Gasteiger partial charge in [0.05, 0.1) is 33.4 Å². The maximum Gasteiger partial charge on any atom is 0.182 e. The van der Waals surface area contributed by atoms with Gasteiger partial charge in [0.15, 0.2) is 4.77 Å². The lowest BCUT2D eigenvalue weighted by Crippen LogP contribution is -1.98.